The van der Waals surface area contributed by atoms with Gasteiger partial charge in [-0.25, -0.2) is 0 Å². The van der Waals surface area contributed by atoms with Crippen LogP contribution in [0.3, 0.4) is 0 Å². The van der Waals surface area contributed by atoms with Crippen molar-refractivity contribution in [1.29, 1.82) is 0 Å². The molecule has 0 fully saturated rings. The Bertz CT molecular complexity index is 140. The molecule has 0 aliphatic carbocycles. The second kappa shape index (κ2) is 5.41. The van der Waals surface area contributed by atoms with Gasteiger partial charge < -0.3 is 5.32 Å². The molecule has 0 aromatic heterocycles. The molecule has 2 nitrogen and oxygen atoms in total. The van der Waals surface area contributed by atoms with Crippen molar-refractivity contribution in [3.05, 3.63) is 0 Å². The van der Waals surface area contributed by atoms with Crippen molar-refractivity contribution in [2.45, 2.75) is 33.6 Å². The first-order valence-electron chi connectivity index (χ1n) is 4.28. The number of carbonyl (C=O) groups is 1. The molecule has 0 aliphatic rings. The highest BCUT2D eigenvalue weighted by Gasteiger charge is 2.09. The van der Waals surface area contributed by atoms with Crippen LogP contribution in [0, 0.1) is 5.41 Å². The average Bonchev–Trinajstić information content (AvgIpc) is 1.84. The van der Waals surface area contributed by atoms with Gasteiger partial charge in [0.15, 0.2) is 0 Å². The Balaban J connectivity index is 3.37. The molecule has 0 bridgehead atoms. The first-order chi connectivity index (χ1) is 5.45. The SMILES string of the molecule is CC(C)(C)CCNC(=O)CCCl. The molecule has 0 saturated carbocycles. The molecule has 72 valence electrons. The van der Waals surface area contributed by atoms with E-state index in [0.717, 1.165) is 13.0 Å². The zero-order valence-corrected chi connectivity index (χ0v) is 8.87. The van der Waals surface area contributed by atoms with Crippen LogP contribution in [0.2, 0.25) is 0 Å². The van der Waals surface area contributed by atoms with Gasteiger partial charge in [0.25, 0.3) is 0 Å². The molecule has 0 aromatic rings. The second-order valence-corrected chi connectivity index (χ2v) is 4.48. The minimum atomic E-state index is 0.0502. The van der Waals surface area contributed by atoms with Gasteiger partial charge in [0, 0.05) is 18.8 Å². The van der Waals surface area contributed by atoms with Crippen molar-refractivity contribution < 1.29 is 4.79 Å². The standard InChI is InChI=1S/C9H18ClNO/c1-9(2,3)5-7-11-8(12)4-6-10/h4-7H2,1-3H3,(H,11,12). The molecule has 0 saturated heterocycles. The van der Waals surface area contributed by atoms with Crippen LogP contribution >= 0.6 is 11.6 Å². The van der Waals surface area contributed by atoms with Gasteiger partial charge in [-0.15, -0.1) is 11.6 Å². The Morgan fingerprint density at radius 2 is 2.00 bits per heavy atom. The normalized spacial score (nSPS) is 11.3. The lowest BCUT2D eigenvalue weighted by Crippen LogP contribution is -2.27. The second-order valence-electron chi connectivity index (χ2n) is 4.10. The van der Waals surface area contributed by atoms with Crippen molar-refractivity contribution in [1.82, 2.24) is 5.32 Å². The molecule has 3 heteroatoms. The van der Waals surface area contributed by atoms with Crippen LogP contribution in [0.25, 0.3) is 0 Å². The number of halogens is 1. The maximum absolute atomic E-state index is 10.9. The molecule has 0 heterocycles. The van der Waals surface area contributed by atoms with Gasteiger partial charge in [-0.05, 0) is 11.8 Å². The summed E-state index contributed by atoms with van der Waals surface area (Å²) >= 11 is 5.40. The van der Waals surface area contributed by atoms with E-state index in [1.807, 2.05) is 0 Å². The van der Waals surface area contributed by atoms with E-state index < -0.39 is 0 Å². The Morgan fingerprint density at radius 1 is 1.42 bits per heavy atom. The van der Waals surface area contributed by atoms with Gasteiger partial charge in [0.2, 0.25) is 5.91 Å². The van der Waals surface area contributed by atoms with Crippen molar-refractivity contribution in [2.75, 3.05) is 12.4 Å². The smallest absolute Gasteiger partial charge is 0.221 e. The number of hydrogen-bond donors (Lipinski definition) is 1. The summed E-state index contributed by atoms with van der Waals surface area (Å²) in [4.78, 5) is 10.9. The predicted octanol–water partition coefficient (Wildman–Crippen LogP) is 2.17. The number of rotatable bonds is 4. The van der Waals surface area contributed by atoms with E-state index in [9.17, 15) is 4.79 Å². The van der Waals surface area contributed by atoms with E-state index in [4.69, 9.17) is 11.6 Å². The van der Waals surface area contributed by atoms with E-state index in [0.29, 0.717) is 12.3 Å². The lowest BCUT2D eigenvalue weighted by molar-refractivity contribution is -0.120. The Hall–Kier alpha value is -0.240. The quantitative estimate of drug-likeness (QED) is 0.679. The number of carbonyl (C=O) groups excluding carboxylic acids is 1. The van der Waals surface area contributed by atoms with Crippen LogP contribution in [0.4, 0.5) is 0 Å². The Kier molecular flexibility index (Phi) is 5.31. The summed E-state index contributed by atoms with van der Waals surface area (Å²) in [5, 5.41) is 2.82. The minimum Gasteiger partial charge on any atom is -0.356 e. The van der Waals surface area contributed by atoms with Gasteiger partial charge >= 0.3 is 0 Å². The largest absolute Gasteiger partial charge is 0.356 e. The summed E-state index contributed by atoms with van der Waals surface area (Å²) in [6.07, 6.45) is 1.42. The zero-order valence-electron chi connectivity index (χ0n) is 8.11. The fraction of sp³-hybridized carbons (Fsp3) is 0.889. The fourth-order valence-corrected chi connectivity index (χ4v) is 0.923. The maximum atomic E-state index is 10.9. The first-order valence-corrected chi connectivity index (χ1v) is 4.82. The Labute approximate surface area is 79.7 Å². The third-order valence-electron chi connectivity index (χ3n) is 1.52. The van der Waals surface area contributed by atoms with Gasteiger partial charge in [0.05, 0.1) is 0 Å². The highest BCUT2D eigenvalue weighted by molar-refractivity contribution is 6.18. The van der Waals surface area contributed by atoms with E-state index in [2.05, 4.69) is 26.1 Å². The number of hydrogen-bond acceptors (Lipinski definition) is 1. The summed E-state index contributed by atoms with van der Waals surface area (Å²) in [5.41, 5.74) is 0.286. The lowest BCUT2D eigenvalue weighted by atomic mass is 9.92. The third kappa shape index (κ3) is 7.86. The van der Waals surface area contributed by atoms with E-state index in [-0.39, 0.29) is 11.3 Å². The zero-order chi connectivity index (χ0) is 9.61. The van der Waals surface area contributed by atoms with Gasteiger partial charge in [0.1, 0.15) is 0 Å². The molecule has 0 radical (unpaired) electrons. The van der Waals surface area contributed by atoms with Gasteiger partial charge in [-0.2, -0.15) is 0 Å². The van der Waals surface area contributed by atoms with Crippen LogP contribution < -0.4 is 5.32 Å². The topological polar surface area (TPSA) is 29.1 Å². The molecular weight excluding hydrogens is 174 g/mol. The van der Waals surface area contributed by atoms with Crippen molar-refractivity contribution in [3.8, 4) is 0 Å². The predicted molar refractivity (Wildman–Crippen MR) is 52.4 cm³/mol. The molecule has 0 rings (SSSR count). The van der Waals surface area contributed by atoms with Crippen molar-refractivity contribution >= 4 is 17.5 Å². The molecular formula is C9H18ClNO. The van der Waals surface area contributed by atoms with Gasteiger partial charge in [-0.1, -0.05) is 20.8 Å². The molecule has 1 N–H and O–H groups in total. The fourth-order valence-electron chi connectivity index (χ4n) is 0.751. The van der Waals surface area contributed by atoms with Crippen LogP contribution in [0.15, 0.2) is 0 Å². The summed E-state index contributed by atoms with van der Waals surface area (Å²) in [6.45, 7) is 7.21. The van der Waals surface area contributed by atoms with E-state index >= 15 is 0 Å². The van der Waals surface area contributed by atoms with Crippen LogP contribution in [-0.4, -0.2) is 18.3 Å². The van der Waals surface area contributed by atoms with Gasteiger partial charge in [-0.3, -0.25) is 4.79 Å². The average molecular weight is 192 g/mol. The summed E-state index contributed by atoms with van der Waals surface area (Å²) < 4.78 is 0. The summed E-state index contributed by atoms with van der Waals surface area (Å²) in [7, 11) is 0. The summed E-state index contributed by atoms with van der Waals surface area (Å²) in [5.74, 6) is 0.454. The van der Waals surface area contributed by atoms with E-state index in [1.165, 1.54) is 0 Å². The number of amides is 1. The van der Waals surface area contributed by atoms with Crippen molar-refractivity contribution in [2.24, 2.45) is 5.41 Å². The molecule has 0 aromatic carbocycles. The third-order valence-corrected chi connectivity index (χ3v) is 1.71. The van der Waals surface area contributed by atoms with E-state index in [1.54, 1.807) is 0 Å². The lowest BCUT2D eigenvalue weighted by Gasteiger charge is -2.17. The maximum Gasteiger partial charge on any atom is 0.221 e. The highest BCUT2D eigenvalue weighted by atomic mass is 35.5. The molecule has 1 amide bonds. The number of nitrogens with one attached hydrogen (secondary N) is 1. The molecule has 0 atom stereocenters. The minimum absolute atomic E-state index is 0.0502. The summed E-state index contributed by atoms with van der Waals surface area (Å²) in [6, 6.07) is 0. The molecule has 0 spiro atoms. The van der Waals surface area contributed by atoms with Crippen LogP contribution in [0.1, 0.15) is 33.6 Å². The van der Waals surface area contributed by atoms with Crippen LogP contribution in [0.5, 0.6) is 0 Å². The molecule has 0 aliphatic heterocycles. The highest BCUT2D eigenvalue weighted by Crippen LogP contribution is 2.16. The van der Waals surface area contributed by atoms with Crippen LogP contribution in [-0.2, 0) is 4.79 Å². The molecule has 0 unspecified atom stereocenters. The first kappa shape index (κ1) is 11.8. The van der Waals surface area contributed by atoms with Crippen molar-refractivity contribution in [3.63, 3.8) is 0 Å². The number of alkyl halides is 1. The Morgan fingerprint density at radius 3 is 2.42 bits per heavy atom. The molecule has 12 heavy (non-hydrogen) atoms. The monoisotopic (exact) mass is 191 g/mol.